The summed E-state index contributed by atoms with van der Waals surface area (Å²) in [7, 11) is 1.67. The van der Waals surface area contributed by atoms with E-state index in [1.54, 1.807) is 13.3 Å². The second-order valence-electron chi connectivity index (χ2n) is 3.65. The van der Waals surface area contributed by atoms with Crippen molar-refractivity contribution in [1.29, 1.82) is 0 Å². The van der Waals surface area contributed by atoms with Crippen LogP contribution < -0.4 is 4.74 Å². The van der Waals surface area contributed by atoms with E-state index in [9.17, 15) is 0 Å². The number of aromatic nitrogens is 2. The van der Waals surface area contributed by atoms with Gasteiger partial charge in [-0.3, -0.25) is 4.68 Å². The largest absolute Gasteiger partial charge is 0.493 e. The van der Waals surface area contributed by atoms with E-state index < -0.39 is 0 Å². The third kappa shape index (κ3) is 3.01. The highest BCUT2D eigenvalue weighted by Crippen LogP contribution is 2.26. The molecule has 3 nitrogen and oxygen atoms in total. The summed E-state index contributed by atoms with van der Waals surface area (Å²) in [6, 6.07) is 0. The number of nitrogens with zero attached hydrogens (tertiary/aromatic N) is 2. The maximum Gasteiger partial charge on any atom is 0.164 e. The molecule has 4 heteroatoms. The average molecular weight is 243 g/mol. The molecule has 0 saturated heterocycles. The van der Waals surface area contributed by atoms with Crippen molar-refractivity contribution < 1.29 is 4.74 Å². The fraction of sp³-hybridized carbons (Fsp3) is 0.583. The quantitative estimate of drug-likeness (QED) is 0.716. The lowest BCUT2D eigenvalue weighted by Gasteiger charge is -2.08. The van der Waals surface area contributed by atoms with Crippen LogP contribution in [0.15, 0.2) is 12.3 Å². The van der Waals surface area contributed by atoms with E-state index in [1.807, 2.05) is 4.68 Å². The number of rotatable bonds is 6. The molecule has 0 aliphatic heterocycles. The smallest absolute Gasteiger partial charge is 0.164 e. The standard InChI is InChI=1S/C12H19ClN2O/c1-4-8-15-12(10(2)6-5-7-13)11(16-3)9-14-15/h6,9H,4-5,7-8H2,1-3H3. The molecule has 0 bridgehead atoms. The second kappa shape index (κ2) is 6.59. The number of hydrogen-bond acceptors (Lipinski definition) is 2. The van der Waals surface area contributed by atoms with Crippen LogP contribution in [-0.4, -0.2) is 22.8 Å². The molecule has 0 aliphatic rings. The fourth-order valence-electron chi connectivity index (χ4n) is 1.66. The maximum atomic E-state index is 5.68. The number of alkyl halides is 1. The van der Waals surface area contributed by atoms with Gasteiger partial charge in [-0.25, -0.2) is 0 Å². The molecule has 1 aromatic heterocycles. The van der Waals surface area contributed by atoms with Crippen molar-refractivity contribution in [3.8, 4) is 5.75 Å². The number of allylic oxidation sites excluding steroid dienone is 2. The number of aryl methyl sites for hydroxylation is 1. The zero-order valence-corrected chi connectivity index (χ0v) is 10.9. The van der Waals surface area contributed by atoms with Gasteiger partial charge >= 0.3 is 0 Å². The molecule has 0 N–H and O–H groups in total. The number of ether oxygens (including phenoxy) is 1. The lowest BCUT2D eigenvalue weighted by molar-refractivity contribution is 0.412. The Balaban J connectivity index is 3.02. The van der Waals surface area contributed by atoms with Crippen LogP contribution >= 0.6 is 11.6 Å². The van der Waals surface area contributed by atoms with E-state index in [4.69, 9.17) is 16.3 Å². The first-order chi connectivity index (χ1) is 7.74. The van der Waals surface area contributed by atoms with E-state index in [-0.39, 0.29) is 0 Å². The van der Waals surface area contributed by atoms with Crippen LogP contribution in [0.4, 0.5) is 0 Å². The molecule has 1 heterocycles. The van der Waals surface area contributed by atoms with Crippen molar-refractivity contribution in [1.82, 2.24) is 9.78 Å². The highest BCUT2D eigenvalue weighted by molar-refractivity contribution is 6.17. The molecule has 0 aromatic carbocycles. The Hall–Kier alpha value is -0.960. The van der Waals surface area contributed by atoms with Crippen molar-refractivity contribution in [2.24, 2.45) is 0 Å². The van der Waals surface area contributed by atoms with Crippen LogP contribution in [0, 0.1) is 0 Å². The predicted molar refractivity (Wildman–Crippen MR) is 68.1 cm³/mol. The Morgan fingerprint density at radius 2 is 2.38 bits per heavy atom. The molecule has 1 rings (SSSR count). The Kier molecular flexibility index (Phi) is 5.39. The molecule has 0 fully saturated rings. The van der Waals surface area contributed by atoms with Gasteiger partial charge in [-0.1, -0.05) is 13.0 Å². The molecule has 90 valence electrons. The van der Waals surface area contributed by atoms with E-state index in [0.29, 0.717) is 5.88 Å². The third-order valence-electron chi connectivity index (χ3n) is 2.39. The first kappa shape index (κ1) is 13.1. The summed E-state index contributed by atoms with van der Waals surface area (Å²) in [4.78, 5) is 0. The summed E-state index contributed by atoms with van der Waals surface area (Å²) < 4.78 is 7.30. The minimum atomic E-state index is 0.640. The van der Waals surface area contributed by atoms with Crippen molar-refractivity contribution in [2.45, 2.75) is 33.2 Å². The Labute approximate surface area is 102 Å². The van der Waals surface area contributed by atoms with E-state index >= 15 is 0 Å². The summed E-state index contributed by atoms with van der Waals surface area (Å²) in [5, 5.41) is 4.32. The van der Waals surface area contributed by atoms with Crippen molar-refractivity contribution in [3.05, 3.63) is 18.0 Å². The molecule has 0 amide bonds. The van der Waals surface area contributed by atoms with Gasteiger partial charge in [-0.05, 0) is 25.3 Å². The highest BCUT2D eigenvalue weighted by Gasteiger charge is 2.12. The number of halogens is 1. The first-order valence-electron chi connectivity index (χ1n) is 5.57. The van der Waals surface area contributed by atoms with Gasteiger partial charge in [0.25, 0.3) is 0 Å². The molecule has 0 atom stereocenters. The van der Waals surface area contributed by atoms with Gasteiger partial charge in [0.05, 0.1) is 13.3 Å². The first-order valence-corrected chi connectivity index (χ1v) is 6.10. The normalized spacial score (nSPS) is 11.9. The van der Waals surface area contributed by atoms with Gasteiger partial charge in [-0.15, -0.1) is 11.6 Å². The molecular weight excluding hydrogens is 224 g/mol. The Morgan fingerprint density at radius 3 is 2.94 bits per heavy atom. The van der Waals surface area contributed by atoms with E-state index in [0.717, 1.165) is 30.8 Å². The minimum absolute atomic E-state index is 0.640. The maximum absolute atomic E-state index is 5.68. The molecular formula is C12H19ClN2O. The molecule has 0 aliphatic carbocycles. The van der Waals surface area contributed by atoms with Crippen LogP contribution in [0.2, 0.25) is 0 Å². The fourth-order valence-corrected chi connectivity index (χ4v) is 1.77. The van der Waals surface area contributed by atoms with Crippen molar-refractivity contribution in [3.63, 3.8) is 0 Å². The molecule has 0 spiro atoms. The van der Waals surface area contributed by atoms with Gasteiger partial charge < -0.3 is 4.74 Å². The topological polar surface area (TPSA) is 27.1 Å². The third-order valence-corrected chi connectivity index (χ3v) is 2.61. The van der Waals surface area contributed by atoms with Gasteiger partial charge in [0.1, 0.15) is 5.69 Å². The predicted octanol–water partition coefficient (Wildman–Crippen LogP) is 3.33. The summed E-state index contributed by atoms with van der Waals surface area (Å²) >= 11 is 5.68. The summed E-state index contributed by atoms with van der Waals surface area (Å²) in [6.07, 6.45) is 5.82. The summed E-state index contributed by atoms with van der Waals surface area (Å²) in [6.45, 7) is 5.11. The van der Waals surface area contributed by atoms with Gasteiger partial charge in [-0.2, -0.15) is 5.10 Å². The summed E-state index contributed by atoms with van der Waals surface area (Å²) in [5.74, 6) is 1.47. The molecule has 1 aromatic rings. The minimum Gasteiger partial charge on any atom is -0.493 e. The Bertz CT molecular complexity index is 358. The van der Waals surface area contributed by atoms with E-state index in [2.05, 4.69) is 25.0 Å². The van der Waals surface area contributed by atoms with Crippen LogP contribution in [0.3, 0.4) is 0 Å². The average Bonchev–Trinajstić information content (AvgIpc) is 2.69. The van der Waals surface area contributed by atoms with Gasteiger partial charge in [0, 0.05) is 12.4 Å². The highest BCUT2D eigenvalue weighted by atomic mass is 35.5. The zero-order chi connectivity index (χ0) is 12.0. The summed E-state index contributed by atoms with van der Waals surface area (Å²) in [5.41, 5.74) is 2.23. The molecule has 16 heavy (non-hydrogen) atoms. The monoisotopic (exact) mass is 242 g/mol. The Morgan fingerprint density at radius 1 is 1.62 bits per heavy atom. The van der Waals surface area contributed by atoms with Crippen LogP contribution in [0.5, 0.6) is 5.75 Å². The van der Waals surface area contributed by atoms with Gasteiger partial charge in [0.15, 0.2) is 5.75 Å². The van der Waals surface area contributed by atoms with Crippen LogP contribution in [0.1, 0.15) is 32.4 Å². The number of hydrogen-bond donors (Lipinski definition) is 0. The van der Waals surface area contributed by atoms with Crippen molar-refractivity contribution >= 4 is 17.2 Å². The van der Waals surface area contributed by atoms with Gasteiger partial charge in [0.2, 0.25) is 0 Å². The van der Waals surface area contributed by atoms with E-state index in [1.165, 1.54) is 5.57 Å². The molecule has 0 saturated carbocycles. The number of methoxy groups -OCH3 is 1. The lowest BCUT2D eigenvalue weighted by Crippen LogP contribution is -2.03. The zero-order valence-electron chi connectivity index (χ0n) is 10.2. The molecule has 0 unspecified atom stereocenters. The lowest BCUT2D eigenvalue weighted by atomic mass is 10.1. The van der Waals surface area contributed by atoms with Crippen molar-refractivity contribution in [2.75, 3.05) is 13.0 Å². The van der Waals surface area contributed by atoms with Crippen LogP contribution in [-0.2, 0) is 6.54 Å². The SMILES string of the molecule is CCCn1ncc(OC)c1C(C)=CCCCl. The molecule has 0 radical (unpaired) electrons. The van der Waals surface area contributed by atoms with Crippen LogP contribution in [0.25, 0.3) is 5.57 Å². The second-order valence-corrected chi connectivity index (χ2v) is 4.03.